The van der Waals surface area contributed by atoms with Gasteiger partial charge in [-0.1, -0.05) is 17.4 Å². The van der Waals surface area contributed by atoms with Crippen LogP contribution in [0.2, 0.25) is 0 Å². The van der Waals surface area contributed by atoms with Crippen LogP contribution in [0, 0.1) is 0 Å². The topological polar surface area (TPSA) is 71.0 Å². The number of hydrogen-bond acceptors (Lipinski definition) is 6. The average Bonchev–Trinajstić information content (AvgIpc) is 2.94. The van der Waals surface area contributed by atoms with Crippen LogP contribution in [-0.2, 0) is 4.79 Å². The molecule has 0 radical (unpaired) electrons. The van der Waals surface area contributed by atoms with Gasteiger partial charge in [-0.15, -0.1) is 10.2 Å². The lowest BCUT2D eigenvalue weighted by Gasteiger charge is -2.19. The molecule has 1 N–H and O–H groups in total. The maximum absolute atomic E-state index is 11.9. The normalized spacial score (nSPS) is 10.7. The molecular weight excluding hydrogens is 286 g/mol. The lowest BCUT2D eigenvalue weighted by Crippen LogP contribution is -2.40. The first kappa shape index (κ1) is 15.4. The second-order valence-corrected chi connectivity index (χ2v) is 5.80. The van der Waals surface area contributed by atoms with Gasteiger partial charge in [0.25, 0.3) is 0 Å². The van der Waals surface area contributed by atoms with Crippen LogP contribution in [0.5, 0.6) is 0 Å². The van der Waals surface area contributed by atoms with E-state index in [1.165, 1.54) is 11.3 Å². The van der Waals surface area contributed by atoms with Crippen molar-refractivity contribution in [3.8, 4) is 10.7 Å². The van der Waals surface area contributed by atoms with Crippen molar-refractivity contribution < 1.29 is 4.79 Å². The molecule has 0 aliphatic rings. The van der Waals surface area contributed by atoms with Gasteiger partial charge in [-0.3, -0.25) is 9.78 Å². The number of nitrogens with zero attached hydrogens (tertiary/aromatic N) is 4. The third-order valence-corrected chi connectivity index (χ3v) is 3.74. The van der Waals surface area contributed by atoms with Gasteiger partial charge in [0, 0.05) is 18.8 Å². The molecule has 0 aromatic carbocycles. The summed E-state index contributed by atoms with van der Waals surface area (Å²) in [7, 11) is 0. The molecule has 2 rings (SSSR count). The van der Waals surface area contributed by atoms with Crippen LogP contribution in [-0.4, -0.2) is 40.2 Å². The van der Waals surface area contributed by atoms with Crippen LogP contribution < -0.4 is 10.2 Å². The third kappa shape index (κ3) is 4.22. The van der Waals surface area contributed by atoms with Crippen molar-refractivity contribution in [3.63, 3.8) is 0 Å². The van der Waals surface area contributed by atoms with Crippen molar-refractivity contribution in [1.29, 1.82) is 0 Å². The lowest BCUT2D eigenvalue weighted by atomic mass is 10.4. The number of amides is 1. The summed E-state index contributed by atoms with van der Waals surface area (Å²) in [5.74, 6) is -0.0126. The van der Waals surface area contributed by atoms with E-state index in [0.717, 1.165) is 15.8 Å². The van der Waals surface area contributed by atoms with E-state index >= 15 is 0 Å². The maximum atomic E-state index is 11.9. The zero-order valence-corrected chi connectivity index (χ0v) is 13.2. The summed E-state index contributed by atoms with van der Waals surface area (Å²) in [5, 5.41) is 12.7. The molecule has 2 aromatic rings. The molecule has 0 saturated carbocycles. The Hall–Kier alpha value is -2.02. The number of carbonyl (C=O) groups is 1. The number of aromatic nitrogens is 3. The number of rotatable bonds is 6. The number of carbonyl (C=O) groups excluding carboxylic acids is 1. The second kappa shape index (κ2) is 7.12. The first-order valence-electron chi connectivity index (χ1n) is 6.89. The van der Waals surface area contributed by atoms with Crippen molar-refractivity contribution >= 4 is 22.4 Å². The summed E-state index contributed by atoms with van der Waals surface area (Å²) in [6.07, 6.45) is 1.73. The molecule has 0 saturated heterocycles. The molecule has 2 heterocycles. The van der Waals surface area contributed by atoms with Gasteiger partial charge in [-0.2, -0.15) is 0 Å². The van der Waals surface area contributed by atoms with Crippen LogP contribution in [0.3, 0.4) is 0 Å². The molecule has 7 heteroatoms. The molecule has 112 valence electrons. The van der Waals surface area contributed by atoms with Crippen LogP contribution >= 0.6 is 11.3 Å². The van der Waals surface area contributed by atoms with E-state index in [1.807, 2.05) is 43.9 Å². The first-order valence-corrected chi connectivity index (χ1v) is 7.71. The SMILES string of the molecule is CCN(CC(=O)NC(C)C)c1nnc(-c2ccccn2)s1. The molecule has 0 atom stereocenters. The van der Waals surface area contributed by atoms with Gasteiger partial charge >= 0.3 is 0 Å². The van der Waals surface area contributed by atoms with Crippen molar-refractivity contribution in [2.24, 2.45) is 0 Å². The molecule has 0 aliphatic carbocycles. The van der Waals surface area contributed by atoms with E-state index in [-0.39, 0.29) is 18.5 Å². The van der Waals surface area contributed by atoms with Crippen LogP contribution in [0.1, 0.15) is 20.8 Å². The highest BCUT2D eigenvalue weighted by Crippen LogP contribution is 2.26. The van der Waals surface area contributed by atoms with Crippen LogP contribution in [0.15, 0.2) is 24.4 Å². The number of nitrogens with one attached hydrogen (secondary N) is 1. The van der Waals surface area contributed by atoms with E-state index in [9.17, 15) is 4.79 Å². The molecular formula is C14H19N5OS. The largest absolute Gasteiger partial charge is 0.352 e. The van der Waals surface area contributed by atoms with Gasteiger partial charge < -0.3 is 10.2 Å². The zero-order chi connectivity index (χ0) is 15.2. The Morgan fingerprint density at radius 1 is 1.38 bits per heavy atom. The van der Waals surface area contributed by atoms with Gasteiger partial charge in [0.1, 0.15) is 5.69 Å². The van der Waals surface area contributed by atoms with Crippen molar-refractivity contribution in [1.82, 2.24) is 20.5 Å². The summed E-state index contributed by atoms with van der Waals surface area (Å²) in [4.78, 5) is 18.0. The fourth-order valence-electron chi connectivity index (χ4n) is 1.79. The quantitative estimate of drug-likeness (QED) is 0.883. The molecule has 0 unspecified atom stereocenters. The molecule has 6 nitrogen and oxygen atoms in total. The highest BCUT2D eigenvalue weighted by Gasteiger charge is 2.16. The van der Waals surface area contributed by atoms with Crippen molar-refractivity contribution in [2.45, 2.75) is 26.8 Å². The fraction of sp³-hybridized carbons (Fsp3) is 0.429. The minimum absolute atomic E-state index is 0.0126. The number of hydrogen-bond donors (Lipinski definition) is 1. The summed E-state index contributed by atoms with van der Waals surface area (Å²) in [5.41, 5.74) is 0.795. The lowest BCUT2D eigenvalue weighted by molar-refractivity contribution is -0.120. The van der Waals surface area contributed by atoms with Gasteiger partial charge in [0.2, 0.25) is 11.0 Å². The van der Waals surface area contributed by atoms with Gasteiger partial charge in [0.15, 0.2) is 5.01 Å². The summed E-state index contributed by atoms with van der Waals surface area (Å²) in [6.45, 7) is 6.86. The highest BCUT2D eigenvalue weighted by molar-refractivity contribution is 7.18. The number of anilines is 1. The molecule has 0 aliphatic heterocycles. The number of pyridine rings is 1. The predicted molar refractivity (Wildman–Crippen MR) is 84.3 cm³/mol. The highest BCUT2D eigenvalue weighted by atomic mass is 32.1. The predicted octanol–water partition coefficient (Wildman–Crippen LogP) is 1.95. The maximum Gasteiger partial charge on any atom is 0.239 e. The number of likely N-dealkylation sites (N-methyl/N-ethyl adjacent to an activating group) is 1. The Morgan fingerprint density at radius 2 is 2.19 bits per heavy atom. The Morgan fingerprint density at radius 3 is 2.81 bits per heavy atom. The van der Waals surface area contributed by atoms with E-state index in [4.69, 9.17) is 0 Å². The third-order valence-electron chi connectivity index (χ3n) is 2.73. The van der Waals surface area contributed by atoms with E-state index in [1.54, 1.807) is 6.20 Å². The molecule has 0 bridgehead atoms. The fourth-order valence-corrected chi connectivity index (χ4v) is 2.68. The van der Waals surface area contributed by atoms with Crippen molar-refractivity contribution in [2.75, 3.05) is 18.0 Å². The minimum atomic E-state index is -0.0126. The van der Waals surface area contributed by atoms with E-state index in [0.29, 0.717) is 6.54 Å². The monoisotopic (exact) mass is 305 g/mol. The Labute approximate surface area is 128 Å². The summed E-state index contributed by atoms with van der Waals surface area (Å²) < 4.78 is 0. The van der Waals surface area contributed by atoms with Crippen LogP contribution in [0.25, 0.3) is 10.7 Å². The minimum Gasteiger partial charge on any atom is -0.352 e. The standard InChI is InChI=1S/C14H19N5OS/c1-4-19(9-12(20)16-10(2)3)14-18-17-13(21-14)11-7-5-6-8-15-11/h5-8,10H,4,9H2,1-3H3,(H,16,20). The molecule has 21 heavy (non-hydrogen) atoms. The summed E-state index contributed by atoms with van der Waals surface area (Å²) in [6, 6.07) is 5.80. The Kier molecular flexibility index (Phi) is 5.21. The molecule has 2 aromatic heterocycles. The Bertz CT molecular complexity index is 584. The molecule has 0 spiro atoms. The van der Waals surface area contributed by atoms with Crippen LogP contribution in [0.4, 0.5) is 5.13 Å². The zero-order valence-electron chi connectivity index (χ0n) is 12.4. The second-order valence-electron chi connectivity index (χ2n) is 4.84. The van der Waals surface area contributed by atoms with Gasteiger partial charge in [-0.05, 0) is 32.9 Å². The first-order chi connectivity index (χ1) is 10.1. The van der Waals surface area contributed by atoms with E-state index < -0.39 is 0 Å². The summed E-state index contributed by atoms with van der Waals surface area (Å²) >= 11 is 1.44. The smallest absolute Gasteiger partial charge is 0.239 e. The molecule has 0 fully saturated rings. The molecule has 1 amide bonds. The average molecular weight is 305 g/mol. The Balaban J connectivity index is 2.09. The van der Waals surface area contributed by atoms with Crippen molar-refractivity contribution in [3.05, 3.63) is 24.4 Å². The van der Waals surface area contributed by atoms with Gasteiger partial charge in [-0.25, -0.2) is 0 Å². The van der Waals surface area contributed by atoms with Gasteiger partial charge in [0.05, 0.1) is 6.54 Å². The van der Waals surface area contributed by atoms with E-state index in [2.05, 4.69) is 20.5 Å².